The summed E-state index contributed by atoms with van der Waals surface area (Å²) in [6.07, 6.45) is -4.37. The summed E-state index contributed by atoms with van der Waals surface area (Å²) in [5.74, 6) is 0.181. The molecule has 0 unspecified atom stereocenters. The van der Waals surface area contributed by atoms with E-state index in [1.165, 1.54) is 12.1 Å². The van der Waals surface area contributed by atoms with Crippen molar-refractivity contribution in [3.05, 3.63) is 70.5 Å². The third-order valence-electron chi connectivity index (χ3n) is 3.99. The van der Waals surface area contributed by atoms with Crippen LogP contribution in [-0.4, -0.2) is 32.0 Å². The molecule has 0 radical (unpaired) electrons. The highest BCUT2D eigenvalue weighted by Gasteiger charge is 2.30. The predicted octanol–water partition coefficient (Wildman–Crippen LogP) is 4.39. The normalized spacial score (nSPS) is 11.9. The quantitative estimate of drug-likeness (QED) is 0.255. The van der Waals surface area contributed by atoms with E-state index in [9.17, 15) is 17.6 Å². The molecule has 160 valence electrons. The van der Waals surface area contributed by atoms with Gasteiger partial charge in [0.25, 0.3) is 0 Å². The third kappa shape index (κ3) is 8.17. The molecule has 0 atom stereocenters. The first kappa shape index (κ1) is 25.2. The van der Waals surface area contributed by atoms with Gasteiger partial charge in [-0.2, -0.15) is 13.2 Å². The van der Waals surface area contributed by atoms with Crippen molar-refractivity contribution in [2.45, 2.75) is 25.8 Å². The Kier molecular flexibility index (Phi) is 9.84. The second kappa shape index (κ2) is 11.3. The van der Waals surface area contributed by atoms with Crippen LogP contribution in [0.3, 0.4) is 0 Å². The number of benzene rings is 2. The number of aliphatic imine (C=N–C) groups is 1. The Balaban J connectivity index is 0.00000420. The van der Waals surface area contributed by atoms with E-state index in [4.69, 9.17) is 0 Å². The van der Waals surface area contributed by atoms with E-state index in [1.54, 1.807) is 25.2 Å². The minimum absolute atomic E-state index is 0. The monoisotopic (exact) mass is 524 g/mol. The van der Waals surface area contributed by atoms with Gasteiger partial charge in [-0.25, -0.2) is 4.39 Å². The van der Waals surface area contributed by atoms with Crippen LogP contribution < -0.4 is 10.6 Å². The summed E-state index contributed by atoms with van der Waals surface area (Å²) >= 11 is 0. The van der Waals surface area contributed by atoms with Crippen LogP contribution in [0.5, 0.6) is 0 Å². The number of nitrogens with one attached hydrogen (secondary N) is 2. The first-order chi connectivity index (χ1) is 13.2. The summed E-state index contributed by atoms with van der Waals surface area (Å²) < 4.78 is 52.2. The van der Waals surface area contributed by atoms with Gasteiger partial charge in [-0.05, 0) is 49.5 Å². The van der Waals surface area contributed by atoms with Crippen LogP contribution in [0.25, 0.3) is 0 Å². The molecule has 2 rings (SSSR count). The third-order valence-corrected chi connectivity index (χ3v) is 3.99. The van der Waals surface area contributed by atoms with Gasteiger partial charge in [-0.1, -0.05) is 18.2 Å². The van der Waals surface area contributed by atoms with E-state index in [-0.39, 0.29) is 36.3 Å². The number of hydrogen-bond donors (Lipinski definition) is 2. The molecule has 0 heterocycles. The van der Waals surface area contributed by atoms with Crippen LogP contribution >= 0.6 is 24.0 Å². The van der Waals surface area contributed by atoms with Gasteiger partial charge in [0.1, 0.15) is 5.82 Å². The molecule has 0 spiro atoms. The lowest BCUT2D eigenvalue weighted by Crippen LogP contribution is -2.36. The summed E-state index contributed by atoms with van der Waals surface area (Å²) in [5, 5.41) is 6.06. The first-order valence-corrected chi connectivity index (χ1v) is 8.71. The van der Waals surface area contributed by atoms with E-state index in [0.29, 0.717) is 30.2 Å². The zero-order valence-corrected chi connectivity index (χ0v) is 18.8. The van der Waals surface area contributed by atoms with Gasteiger partial charge in [0.15, 0.2) is 5.96 Å². The van der Waals surface area contributed by atoms with Crippen LogP contribution in [-0.2, 0) is 25.8 Å². The van der Waals surface area contributed by atoms with Gasteiger partial charge < -0.3 is 15.5 Å². The second-order valence-corrected chi connectivity index (χ2v) is 6.64. The fraction of sp³-hybridized carbons (Fsp3) is 0.350. The molecule has 2 N–H and O–H groups in total. The largest absolute Gasteiger partial charge is 0.416 e. The predicted molar refractivity (Wildman–Crippen MR) is 118 cm³/mol. The van der Waals surface area contributed by atoms with E-state index < -0.39 is 11.7 Å². The lowest BCUT2D eigenvalue weighted by atomic mass is 10.1. The van der Waals surface area contributed by atoms with Gasteiger partial charge in [0.2, 0.25) is 0 Å². The Morgan fingerprint density at radius 1 is 1.00 bits per heavy atom. The Bertz CT molecular complexity index is 822. The number of nitrogens with zero attached hydrogens (tertiary/aromatic N) is 2. The zero-order chi connectivity index (χ0) is 20.7. The molecule has 2 aromatic carbocycles. The van der Waals surface area contributed by atoms with Crippen molar-refractivity contribution >= 4 is 29.9 Å². The number of guanidine groups is 1. The van der Waals surface area contributed by atoms with Crippen molar-refractivity contribution in [1.82, 2.24) is 15.5 Å². The summed E-state index contributed by atoms with van der Waals surface area (Å²) in [6, 6.07) is 10.0. The number of halogens is 5. The minimum Gasteiger partial charge on any atom is -0.352 e. The maximum atomic E-state index is 13.9. The van der Waals surface area contributed by atoms with Crippen molar-refractivity contribution in [3.63, 3.8) is 0 Å². The highest BCUT2D eigenvalue weighted by atomic mass is 127. The number of alkyl halides is 3. The van der Waals surface area contributed by atoms with Crippen molar-refractivity contribution in [2.75, 3.05) is 21.1 Å². The smallest absolute Gasteiger partial charge is 0.352 e. The fourth-order valence-electron chi connectivity index (χ4n) is 2.65. The van der Waals surface area contributed by atoms with Gasteiger partial charge in [0, 0.05) is 32.2 Å². The standard InChI is InChI=1S/C20H24F4N4.HI/c1-25-19(26-11-14-5-4-6-17(10-14)20(22,23)24)27-12-15-7-8-18(21)16(9-15)13-28(2)3;/h4-10H,11-13H2,1-3H3,(H2,25,26,27);1H. The van der Waals surface area contributed by atoms with Gasteiger partial charge in [-0.3, -0.25) is 4.99 Å². The van der Waals surface area contributed by atoms with Crippen molar-refractivity contribution in [1.29, 1.82) is 0 Å². The topological polar surface area (TPSA) is 39.7 Å². The van der Waals surface area contributed by atoms with Crippen LogP contribution in [0, 0.1) is 5.82 Å². The molecule has 0 aliphatic heterocycles. The maximum absolute atomic E-state index is 13.9. The molecule has 0 aromatic heterocycles. The van der Waals surface area contributed by atoms with Crippen LogP contribution in [0.2, 0.25) is 0 Å². The zero-order valence-electron chi connectivity index (χ0n) is 16.5. The lowest BCUT2D eigenvalue weighted by molar-refractivity contribution is -0.137. The fourth-order valence-corrected chi connectivity index (χ4v) is 2.65. The summed E-state index contributed by atoms with van der Waals surface area (Å²) in [6.45, 7) is 1.09. The van der Waals surface area contributed by atoms with E-state index in [0.717, 1.165) is 17.7 Å². The average Bonchev–Trinajstić information content (AvgIpc) is 2.63. The summed E-state index contributed by atoms with van der Waals surface area (Å²) in [5.41, 5.74) is 1.28. The molecule has 4 nitrogen and oxygen atoms in total. The molecule has 0 aliphatic rings. The molecule has 0 bridgehead atoms. The van der Waals surface area contributed by atoms with Crippen LogP contribution in [0.4, 0.5) is 17.6 Å². The Morgan fingerprint density at radius 2 is 1.62 bits per heavy atom. The molecule has 0 fully saturated rings. The van der Waals surface area contributed by atoms with Crippen molar-refractivity contribution < 1.29 is 17.6 Å². The summed E-state index contributed by atoms with van der Waals surface area (Å²) in [7, 11) is 5.30. The molecule has 9 heteroatoms. The molecular formula is C20H25F4IN4. The minimum atomic E-state index is -4.37. The van der Waals surface area contributed by atoms with E-state index in [2.05, 4.69) is 15.6 Å². The summed E-state index contributed by atoms with van der Waals surface area (Å²) in [4.78, 5) is 5.95. The highest BCUT2D eigenvalue weighted by Crippen LogP contribution is 2.29. The van der Waals surface area contributed by atoms with E-state index in [1.807, 2.05) is 19.0 Å². The molecule has 0 aliphatic carbocycles. The van der Waals surface area contributed by atoms with Crippen molar-refractivity contribution in [2.24, 2.45) is 4.99 Å². The second-order valence-electron chi connectivity index (χ2n) is 6.64. The van der Waals surface area contributed by atoms with Crippen LogP contribution in [0.15, 0.2) is 47.5 Å². The molecule has 2 aromatic rings. The Labute approximate surface area is 185 Å². The highest BCUT2D eigenvalue weighted by molar-refractivity contribution is 14.0. The molecule has 0 amide bonds. The van der Waals surface area contributed by atoms with Gasteiger partial charge in [0.05, 0.1) is 5.56 Å². The molecule has 0 saturated carbocycles. The Hall–Kier alpha value is -1.88. The maximum Gasteiger partial charge on any atom is 0.416 e. The van der Waals surface area contributed by atoms with Gasteiger partial charge >= 0.3 is 6.18 Å². The molecule has 0 saturated heterocycles. The first-order valence-electron chi connectivity index (χ1n) is 8.71. The SMILES string of the molecule is CN=C(NCc1cccc(C(F)(F)F)c1)NCc1ccc(F)c(CN(C)C)c1.I. The van der Waals surface area contributed by atoms with Crippen LogP contribution in [0.1, 0.15) is 22.3 Å². The number of hydrogen-bond acceptors (Lipinski definition) is 2. The molecule has 29 heavy (non-hydrogen) atoms. The number of rotatable bonds is 6. The molecular weight excluding hydrogens is 499 g/mol. The van der Waals surface area contributed by atoms with Crippen molar-refractivity contribution in [3.8, 4) is 0 Å². The van der Waals surface area contributed by atoms with Gasteiger partial charge in [-0.15, -0.1) is 24.0 Å². The van der Waals surface area contributed by atoms with E-state index >= 15 is 0 Å². The lowest BCUT2D eigenvalue weighted by Gasteiger charge is -2.15. The average molecular weight is 524 g/mol. The Morgan fingerprint density at radius 3 is 2.17 bits per heavy atom.